The number of carbonyl (C=O) groups is 1. The van der Waals surface area contributed by atoms with Gasteiger partial charge in [-0.3, -0.25) is 15.6 Å². The van der Waals surface area contributed by atoms with Crippen molar-refractivity contribution in [1.29, 1.82) is 0 Å². The van der Waals surface area contributed by atoms with Crippen LogP contribution in [0.2, 0.25) is 10.6 Å². The van der Waals surface area contributed by atoms with E-state index in [1.54, 1.807) is 6.07 Å². The summed E-state index contributed by atoms with van der Waals surface area (Å²) in [6.45, 7) is 0. The lowest BCUT2D eigenvalue weighted by molar-refractivity contribution is 0.0957. The van der Waals surface area contributed by atoms with Crippen LogP contribution >= 0.6 is 23.2 Å². The Morgan fingerprint density at radius 3 is 2.32 bits per heavy atom. The van der Waals surface area contributed by atoms with Gasteiger partial charge in [0.05, 0.1) is 11.2 Å². The number of para-hydroxylation sites is 1. The van der Waals surface area contributed by atoms with Crippen LogP contribution in [0.15, 0.2) is 60.7 Å². The number of benzene rings is 2. The molecule has 0 spiro atoms. The van der Waals surface area contributed by atoms with Gasteiger partial charge in [0.2, 0.25) is 16.5 Å². The van der Waals surface area contributed by atoms with Gasteiger partial charge in [-0.15, -0.1) is 0 Å². The first-order valence-electron chi connectivity index (χ1n) is 9.19. The molecule has 0 aliphatic rings. The summed E-state index contributed by atoms with van der Waals surface area (Å²) in [6.07, 6.45) is 0. The van der Waals surface area contributed by atoms with Crippen LogP contribution in [0.4, 0.5) is 5.95 Å². The number of aromatic amines is 1. The molecule has 0 bridgehead atoms. The molecule has 3 heterocycles. The molecule has 5 rings (SSSR count). The Morgan fingerprint density at radius 1 is 0.839 bits per heavy atom. The standard InChI is InChI=1S/C21H13Cl2N7O/c22-19-26-20(23)28-21(27-19)30-29-18(31)15-10-13-12-8-4-5-9-14(12)24-17(13)16(25-15)11-6-2-1-3-7-11/h1-10,24H,(H,29,31)(H,26,27,28,30). The van der Waals surface area contributed by atoms with E-state index in [0.29, 0.717) is 5.69 Å². The van der Waals surface area contributed by atoms with E-state index in [1.807, 2.05) is 54.6 Å². The van der Waals surface area contributed by atoms with Crippen LogP contribution in [0.25, 0.3) is 33.1 Å². The van der Waals surface area contributed by atoms with E-state index in [2.05, 4.69) is 35.8 Å². The molecule has 8 nitrogen and oxygen atoms in total. The van der Waals surface area contributed by atoms with Gasteiger partial charge in [-0.1, -0.05) is 48.5 Å². The monoisotopic (exact) mass is 449 g/mol. The second-order valence-corrected chi connectivity index (χ2v) is 7.27. The van der Waals surface area contributed by atoms with Crippen molar-refractivity contribution in [3.8, 4) is 11.3 Å². The van der Waals surface area contributed by atoms with Gasteiger partial charge >= 0.3 is 0 Å². The van der Waals surface area contributed by atoms with Gasteiger partial charge in [0.15, 0.2) is 0 Å². The molecule has 0 saturated heterocycles. The lowest BCUT2D eigenvalue weighted by atomic mass is 10.1. The molecule has 0 radical (unpaired) electrons. The number of halogens is 2. The summed E-state index contributed by atoms with van der Waals surface area (Å²) in [5.41, 5.74) is 8.70. The normalized spacial score (nSPS) is 11.0. The van der Waals surface area contributed by atoms with Gasteiger partial charge in [0, 0.05) is 21.9 Å². The molecule has 0 fully saturated rings. The van der Waals surface area contributed by atoms with Crippen molar-refractivity contribution in [1.82, 2.24) is 30.3 Å². The summed E-state index contributed by atoms with van der Waals surface area (Å²) in [6, 6.07) is 19.3. The summed E-state index contributed by atoms with van der Waals surface area (Å²) in [7, 11) is 0. The molecule has 0 saturated carbocycles. The first-order chi connectivity index (χ1) is 15.1. The van der Waals surface area contributed by atoms with E-state index < -0.39 is 5.91 Å². The number of aromatic nitrogens is 5. The van der Waals surface area contributed by atoms with Crippen molar-refractivity contribution >= 4 is 56.9 Å². The van der Waals surface area contributed by atoms with Gasteiger partial charge in [0.1, 0.15) is 5.69 Å². The molecular formula is C21H13Cl2N7O. The molecule has 5 aromatic rings. The number of anilines is 1. The summed E-state index contributed by atoms with van der Waals surface area (Å²) in [5.74, 6) is -0.466. The summed E-state index contributed by atoms with van der Waals surface area (Å²) in [5, 5.41) is 1.69. The third kappa shape index (κ3) is 3.74. The minimum atomic E-state index is -0.475. The largest absolute Gasteiger partial charge is 0.353 e. The molecule has 1 amide bonds. The molecule has 0 aliphatic carbocycles. The van der Waals surface area contributed by atoms with Crippen molar-refractivity contribution in [3.05, 3.63) is 76.9 Å². The molecule has 31 heavy (non-hydrogen) atoms. The zero-order chi connectivity index (χ0) is 21.4. The Hall–Kier alpha value is -3.75. The highest BCUT2D eigenvalue weighted by molar-refractivity contribution is 6.31. The number of pyridine rings is 1. The highest BCUT2D eigenvalue weighted by Gasteiger charge is 2.17. The van der Waals surface area contributed by atoms with Crippen LogP contribution in [0.3, 0.4) is 0 Å². The number of hydrogen-bond donors (Lipinski definition) is 3. The zero-order valence-corrected chi connectivity index (χ0v) is 17.2. The van der Waals surface area contributed by atoms with Crippen LogP contribution in [-0.4, -0.2) is 30.8 Å². The zero-order valence-electron chi connectivity index (χ0n) is 15.7. The number of amides is 1. The number of H-pyrrole nitrogens is 1. The van der Waals surface area contributed by atoms with Gasteiger partial charge in [0.25, 0.3) is 5.91 Å². The van der Waals surface area contributed by atoms with Crippen molar-refractivity contribution < 1.29 is 4.79 Å². The Morgan fingerprint density at radius 2 is 1.55 bits per heavy atom. The minimum absolute atomic E-state index is 0.00908. The van der Waals surface area contributed by atoms with Crippen LogP contribution < -0.4 is 10.9 Å². The molecule has 0 aliphatic heterocycles. The van der Waals surface area contributed by atoms with E-state index in [4.69, 9.17) is 23.2 Å². The number of hydrogen-bond acceptors (Lipinski definition) is 6. The maximum Gasteiger partial charge on any atom is 0.288 e. The number of fused-ring (bicyclic) bond motifs is 3. The Labute approximate surface area is 185 Å². The Balaban J connectivity index is 1.58. The van der Waals surface area contributed by atoms with E-state index in [0.717, 1.165) is 27.4 Å². The minimum Gasteiger partial charge on any atom is -0.353 e. The van der Waals surface area contributed by atoms with Crippen molar-refractivity contribution in [2.75, 3.05) is 5.43 Å². The number of carbonyl (C=O) groups excluding carboxylic acids is 1. The molecule has 3 N–H and O–H groups in total. The number of rotatable bonds is 4. The third-order valence-electron chi connectivity index (χ3n) is 4.64. The first-order valence-corrected chi connectivity index (χ1v) is 9.94. The van der Waals surface area contributed by atoms with E-state index in [9.17, 15) is 4.79 Å². The van der Waals surface area contributed by atoms with Gasteiger partial charge in [-0.25, -0.2) is 4.98 Å². The van der Waals surface area contributed by atoms with E-state index >= 15 is 0 Å². The topological polar surface area (TPSA) is 108 Å². The molecule has 2 aromatic carbocycles. The Kier molecular flexibility index (Phi) is 4.85. The van der Waals surface area contributed by atoms with Gasteiger partial charge < -0.3 is 4.98 Å². The number of nitrogens with one attached hydrogen (secondary N) is 3. The fourth-order valence-corrected chi connectivity index (χ4v) is 3.69. The predicted octanol–water partition coefficient (Wildman–Crippen LogP) is 4.63. The van der Waals surface area contributed by atoms with Gasteiger partial charge in [-0.05, 0) is 35.3 Å². The fraction of sp³-hybridized carbons (Fsp3) is 0. The van der Waals surface area contributed by atoms with Crippen LogP contribution in [-0.2, 0) is 0 Å². The second kappa shape index (κ2) is 7.82. The quantitative estimate of drug-likeness (QED) is 0.345. The van der Waals surface area contributed by atoms with Crippen LogP contribution in [0.5, 0.6) is 0 Å². The second-order valence-electron chi connectivity index (χ2n) is 6.59. The first kappa shape index (κ1) is 19.2. The Bertz CT molecular complexity index is 1420. The molecule has 10 heteroatoms. The average molecular weight is 450 g/mol. The average Bonchev–Trinajstić information content (AvgIpc) is 3.15. The molecule has 0 unspecified atom stereocenters. The SMILES string of the molecule is O=C(NNc1nc(Cl)nc(Cl)n1)c1cc2c([nH]c3ccccc32)c(-c2ccccc2)n1. The highest BCUT2D eigenvalue weighted by Crippen LogP contribution is 2.32. The summed E-state index contributed by atoms with van der Waals surface area (Å²) >= 11 is 11.5. The van der Waals surface area contributed by atoms with Crippen LogP contribution in [0.1, 0.15) is 10.5 Å². The predicted molar refractivity (Wildman–Crippen MR) is 120 cm³/mol. The van der Waals surface area contributed by atoms with Crippen molar-refractivity contribution in [2.24, 2.45) is 0 Å². The molecular weight excluding hydrogens is 437 g/mol. The molecule has 0 atom stereocenters. The maximum absolute atomic E-state index is 12.9. The van der Waals surface area contributed by atoms with E-state index in [1.165, 1.54) is 0 Å². The summed E-state index contributed by atoms with van der Waals surface area (Å²) in [4.78, 5) is 32.3. The van der Waals surface area contributed by atoms with Gasteiger partial charge in [-0.2, -0.15) is 15.0 Å². The molecule has 152 valence electrons. The van der Waals surface area contributed by atoms with Crippen molar-refractivity contribution in [3.63, 3.8) is 0 Å². The van der Waals surface area contributed by atoms with E-state index in [-0.39, 0.29) is 22.2 Å². The lowest BCUT2D eigenvalue weighted by Gasteiger charge is -2.09. The highest BCUT2D eigenvalue weighted by atomic mass is 35.5. The summed E-state index contributed by atoms with van der Waals surface area (Å²) < 4.78 is 0. The number of hydrazine groups is 1. The lowest BCUT2D eigenvalue weighted by Crippen LogP contribution is -2.31. The van der Waals surface area contributed by atoms with Crippen LogP contribution in [0, 0.1) is 0 Å². The fourth-order valence-electron chi connectivity index (χ4n) is 3.33. The number of nitrogens with zero attached hydrogens (tertiary/aromatic N) is 4. The smallest absolute Gasteiger partial charge is 0.288 e. The maximum atomic E-state index is 12.9. The third-order valence-corrected chi connectivity index (χ3v) is 4.98. The van der Waals surface area contributed by atoms with Crippen molar-refractivity contribution in [2.45, 2.75) is 0 Å². The molecule has 3 aromatic heterocycles.